The average Bonchev–Trinajstić information content (AvgIpc) is 2.26. The van der Waals surface area contributed by atoms with Gasteiger partial charge in [-0.2, -0.15) is 0 Å². The molecule has 82 valence electrons. The lowest BCUT2D eigenvalue weighted by Gasteiger charge is -2.07. The monoisotopic (exact) mass is 206 g/mol. The molecule has 0 aliphatic carbocycles. The van der Waals surface area contributed by atoms with Gasteiger partial charge in [0, 0.05) is 0 Å². The predicted octanol–water partition coefficient (Wildman–Crippen LogP) is 2.78. The van der Waals surface area contributed by atoms with Crippen LogP contribution < -0.4 is 4.74 Å². The Morgan fingerprint density at radius 2 is 2.07 bits per heavy atom. The SMILES string of the molecule is CC=C[C@@H](O)CCCOc1ccccc1. The zero-order valence-corrected chi connectivity index (χ0v) is 9.10. The Bertz CT molecular complexity index is 280. The molecule has 15 heavy (non-hydrogen) atoms. The topological polar surface area (TPSA) is 29.5 Å². The van der Waals surface area contributed by atoms with E-state index in [0.717, 1.165) is 18.6 Å². The fourth-order valence-corrected chi connectivity index (χ4v) is 1.32. The normalized spacial score (nSPS) is 12.9. The molecule has 0 bridgehead atoms. The smallest absolute Gasteiger partial charge is 0.119 e. The van der Waals surface area contributed by atoms with Gasteiger partial charge in [-0.25, -0.2) is 0 Å². The van der Waals surface area contributed by atoms with Crippen LogP contribution in [0.2, 0.25) is 0 Å². The molecule has 1 N–H and O–H groups in total. The van der Waals surface area contributed by atoms with Crippen LogP contribution in [0.4, 0.5) is 0 Å². The van der Waals surface area contributed by atoms with Crippen molar-refractivity contribution < 1.29 is 9.84 Å². The summed E-state index contributed by atoms with van der Waals surface area (Å²) in [6.07, 6.45) is 4.93. The average molecular weight is 206 g/mol. The van der Waals surface area contributed by atoms with Crippen molar-refractivity contribution >= 4 is 0 Å². The van der Waals surface area contributed by atoms with Crippen LogP contribution in [-0.2, 0) is 0 Å². The minimum absolute atomic E-state index is 0.339. The van der Waals surface area contributed by atoms with Gasteiger partial charge >= 0.3 is 0 Å². The van der Waals surface area contributed by atoms with Crippen LogP contribution in [0.3, 0.4) is 0 Å². The highest BCUT2D eigenvalue weighted by molar-refractivity contribution is 5.20. The van der Waals surface area contributed by atoms with Crippen molar-refractivity contribution in [3.63, 3.8) is 0 Å². The molecule has 2 nitrogen and oxygen atoms in total. The van der Waals surface area contributed by atoms with Gasteiger partial charge in [0.2, 0.25) is 0 Å². The van der Waals surface area contributed by atoms with E-state index in [1.807, 2.05) is 43.3 Å². The molecule has 0 aromatic heterocycles. The lowest BCUT2D eigenvalue weighted by molar-refractivity contribution is 0.195. The van der Waals surface area contributed by atoms with Gasteiger partial charge in [-0.1, -0.05) is 30.4 Å². The summed E-state index contributed by atoms with van der Waals surface area (Å²) in [5.41, 5.74) is 0. The van der Waals surface area contributed by atoms with Crippen molar-refractivity contribution in [1.29, 1.82) is 0 Å². The molecule has 0 radical (unpaired) electrons. The summed E-state index contributed by atoms with van der Waals surface area (Å²) >= 11 is 0. The third-order valence-corrected chi connectivity index (χ3v) is 2.07. The summed E-state index contributed by atoms with van der Waals surface area (Å²) in [6.45, 7) is 2.56. The molecule has 1 aromatic rings. The van der Waals surface area contributed by atoms with Gasteiger partial charge in [-0.3, -0.25) is 0 Å². The highest BCUT2D eigenvalue weighted by atomic mass is 16.5. The molecule has 1 rings (SSSR count). The highest BCUT2D eigenvalue weighted by Gasteiger charge is 1.98. The second-order valence-electron chi connectivity index (χ2n) is 3.40. The number of rotatable bonds is 6. The maximum atomic E-state index is 9.40. The Morgan fingerprint density at radius 1 is 1.33 bits per heavy atom. The lowest BCUT2D eigenvalue weighted by atomic mass is 10.2. The van der Waals surface area contributed by atoms with Gasteiger partial charge in [0.15, 0.2) is 0 Å². The first-order valence-electron chi connectivity index (χ1n) is 5.31. The third-order valence-electron chi connectivity index (χ3n) is 2.07. The second-order valence-corrected chi connectivity index (χ2v) is 3.40. The Kier molecular flexibility index (Phi) is 5.56. The third kappa shape index (κ3) is 5.23. The molecular weight excluding hydrogens is 188 g/mol. The van der Waals surface area contributed by atoms with Crippen LogP contribution in [0, 0.1) is 0 Å². The first-order chi connectivity index (χ1) is 7.33. The number of para-hydroxylation sites is 1. The summed E-state index contributed by atoms with van der Waals surface area (Å²) in [7, 11) is 0. The molecule has 0 aliphatic rings. The van der Waals surface area contributed by atoms with Gasteiger partial charge in [0.05, 0.1) is 12.7 Å². The van der Waals surface area contributed by atoms with Crippen molar-refractivity contribution in [2.24, 2.45) is 0 Å². The minimum atomic E-state index is -0.339. The zero-order valence-electron chi connectivity index (χ0n) is 9.10. The van der Waals surface area contributed by atoms with Crippen LogP contribution in [-0.4, -0.2) is 17.8 Å². The van der Waals surface area contributed by atoms with Crippen molar-refractivity contribution in [3.05, 3.63) is 42.5 Å². The van der Waals surface area contributed by atoms with E-state index in [-0.39, 0.29) is 6.10 Å². The molecule has 0 amide bonds. The molecule has 1 aromatic carbocycles. The van der Waals surface area contributed by atoms with Gasteiger partial charge < -0.3 is 9.84 Å². The van der Waals surface area contributed by atoms with Crippen LogP contribution >= 0.6 is 0 Å². The highest BCUT2D eigenvalue weighted by Crippen LogP contribution is 2.09. The van der Waals surface area contributed by atoms with Gasteiger partial charge in [-0.05, 0) is 31.9 Å². The van der Waals surface area contributed by atoms with E-state index in [4.69, 9.17) is 4.74 Å². The number of hydrogen-bond acceptors (Lipinski definition) is 2. The Labute approximate surface area is 91.2 Å². The van der Waals surface area contributed by atoms with Crippen LogP contribution in [0.1, 0.15) is 19.8 Å². The maximum Gasteiger partial charge on any atom is 0.119 e. The van der Waals surface area contributed by atoms with E-state index in [2.05, 4.69) is 0 Å². The summed E-state index contributed by atoms with van der Waals surface area (Å²) < 4.78 is 5.50. The van der Waals surface area contributed by atoms with E-state index in [1.165, 1.54) is 0 Å². The molecule has 0 saturated heterocycles. The largest absolute Gasteiger partial charge is 0.494 e. The fourth-order valence-electron chi connectivity index (χ4n) is 1.32. The number of ether oxygens (including phenoxy) is 1. The van der Waals surface area contributed by atoms with Crippen LogP contribution in [0.5, 0.6) is 5.75 Å². The molecular formula is C13H18O2. The van der Waals surface area contributed by atoms with Crippen molar-refractivity contribution in [2.45, 2.75) is 25.9 Å². The van der Waals surface area contributed by atoms with Crippen molar-refractivity contribution in [2.75, 3.05) is 6.61 Å². The van der Waals surface area contributed by atoms with E-state index in [1.54, 1.807) is 6.08 Å². The fraction of sp³-hybridized carbons (Fsp3) is 0.385. The minimum Gasteiger partial charge on any atom is -0.494 e. The van der Waals surface area contributed by atoms with Crippen molar-refractivity contribution in [1.82, 2.24) is 0 Å². The molecule has 0 unspecified atom stereocenters. The first kappa shape index (κ1) is 11.8. The Morgan fingerprint density at radius 3 is 2.73 bits per heavy atom. The van der Waals surface area contributed by atoms with E-state index < -0.39 is 0 Å². The molecule has 0 spiro atoms. The molecule has 0 heterocycles. The number of allylic oxidation sites excluding steroid dienone is 1. The summed E-state index contributed by atoms with van der Waals surface area (Å²) in [5.74, 6) is 0.887. The van der Waals surface area contributed by atoms with E-state index in [0.29, 0.717) is 6.61 Å². The predicted molar refractivity (Wildman–Crippen MR) is 62.0 cm³/mol. The number of hydrogen-bond donors (Lipinski definition) is 1. The first-order valence-corrected chi connectivity index (χ1v) is 5.31. The number of aliphatic hydroxyl groups is 1. The van der Waals surface area contributed by atoms with Gasteiger partial charge in [-0.15, -0.1) is 0 Å². The van der Waals surface area contributed by atoms with E-state index >= 15 is 0 Å². The summed E-state index contributed by atoms with van der Waals surface area (Å²) in [5, 5.41) is 9.40. The molecule has 2 heteroatoms. The number of benzene rings is 1. The standard InChI is InChI=1S/C13H18O2/c1-2-7-12(14)8-6-11-15-13-9-4-3-5-10-13/h2-5,7,9-10,12,14H,6,8,11H2,1H3/t12-/m1/s1. The second kappa shape index (κ2) is 7.07. The maximum absolute atomic E-state index is 9.40. The zero-order chi connectivity index (χ0) is 10.9. The lowest BCUT2D eigenvalue weighted by Crippen LogP contribution is -2.05. The quantitative estimate of drug-likeness (QED) is 0.573. The van der Waals surface area contributed by atoms with Gasteiger partial charge in [0.25, 0.3) is 0 Å². The van der Waals surface area contributed by atoms with Crippen LogP contribution in [0.25, 0.3) is 0 Å². The Balaban J connectivity index is 2.12. The molecule has 0 saturated carbocycles. The van der Waals surface area contributed by atoms with Gasteiger partial charge in [0.1, 0.15) is 5.75 Å². The molecule has 1 atom stereocenters. The van der Waals surface area contributed by atoms with Crippen LogP contribution in [0.15, 0.2) is 42.5 Å². The van der Waals surface area contributed by atoms with E-state index in [9.17, 15) is 5.11 Å². The summed E-state index contributed by atoms with van der Waals surface area (Å²) in [6, 6.07) is 9.72. The van der Waals surface area contributed by atoms with Crippen molar-refractivity contribution in [3.8, 4) is 5.75 Å². The molecule has 0 fully saturated rings. The number of aliphatic hydroxyl groups excluding tert-OH is 1. The Hall–Kier alpha value is -1.28. The summed E-state index contributed by atoms with van der Waals surface area (Å²) in [4.78, 5) is 0. The molecule has 0 aliphatic heterocycles.